The van der Waals surface area contributed by atoms with Gasteiger partial charge in [0, 0.05) is 7.05 Å². The van der Waals surface area contributed by atoms with Crippen LogP contribution in [-0.4, -0.2) is 24.7 Å². The first-order valence-corrected chi connectivity index (χ1v) is 8.82. The molecule has 30 heavy (non-hydrogen) atoms. The van der Waals surface area contributed by atoms with Crippen LogP contribution in [0.25, 0.3) is 11.1 Å². The Morgan fingerprint density at radius 3 is 2.33 bits per heavy atom. The lowest BCUT2D eigenvalue weighted by molar-refractivity contribution is -0.139. The van der Waals surface area contributed by atoms with E-state index in [1.807, 2.05) is 0 Å². The first kappa shape index (κ1) is 21.2. The van der Waals surface area contributed by atoms with Gasteiger partial charge in [-0.15, -0.1) is 0 Å². The summed E-state index contributed by atoms with van der Waals surface area (Å²) < 4.78 is 62.5. The normalized spacial score (nSPS) is 10.7. The maximum Gasteiger partial charge on any atom is 0.341 e. The first-order valence-electron chi connectivity index (χ1n) is 8.82. The van der Waals surface area contributed by atoms with E-state index >= 15 is 0 Å². The summed E-state index contributed by atoms with van der Waals surface area (Å²) >= 11 is 0. The van der Waals surface area contributed by atoms with Gasteiger partial charge in [0.25, 0.3) is 0 Å². The van der Waals surface area contributed by atoms with Gasteiger partial charge < -0.3 is 14.7 Å². The van der Waals surface area contributed by atoms with E-state index in [2.05, 4.69) is 0 Å². The molecule has 0 bridgehead atoms. The molecule has 3 aromatic carbocycles. The molecule has 0 aromatic heterocycles. The third-order valence-corrected chi connectivity index (χ3v) is 4.57. The lowest BCUT2D eigenvalue weighted by Gasteiger charge is -2.25. The van der Waals surface area contributed by atoms with Gasteiger partial charge in [0.15, 0.2) is 18.2 Å². The van der Waals surface area contributed by atoms with Crippen LogP contribution < -0.4 is 9.64 Å². The fraction of sp³-hybridized carbons (Fsp3) is 0.136. The van der Waals surface area contributed by atoms with Crippen molar-refractivity contribution in [1.29, 1.82) is 0 Å². The molecular weight excluding hydrogens is 402 g/mol. The van der Waals surface area contributed by atoms with E-state index in [9.17, 15) is 22.4 Å². The number of carboxylic acid groups (broad SMARTS) is 1. The minimum Gasteiger partial charge on any atom is -0.479 e. The summed E-state index contributed by atoms with van der Waals surface area (Å²) in [6.07, 6.45) is 0. The second kappa shape index (κ2) is 8.44. The number of aliphatic carboxylic acids is 1. The van der Waals surface area contributed by atoms with Gasteiger partial charge in [-0.2, -0.15) is 0 Å². The molecule has 0 saturated carbocycles. The molecule has 0 unspecified atom stereocenters. The van der Waals surface area contributed by atoms with E-state index in [4.69, 9.17) is 9.84 Å². The summed E-state index contributed by atoms with van der Waals surface area (Å²) in [4.78, 5) is 11.6. The molecule has 3 rings (SSSR count). The number of hydrogen-bond acceptors (Lipinski definition) is 3. The first-order chi connectivity index (χ1) is 14.2. The Kier molecular flexibility index (Phi) is 5.96. The summed E-state index contributed by atoms with van der Waals surface area (Å²) in [5.41, 5.74) is 0.554. The fourth-order valence-corrected chi connectivity index (χ4v) is 3.24. The summed E-state index contributed by atoms with van der Waals surface area (Å²) in [5, 5.41) is 8.70. The standard InChI is InChI=1S/C22H17F4NO3/c1-12-15(13-4-3-5-14(23)10-13)6-7-16(24)21(12)27(2)22-17(25)8-9-18(20(22)26)30-11-19(28)29/h3-10H,11H2,1-2H3,(H,28,29). The van der Waals surface area contributed by atoms with Crippen LogP contribution in [0, 0.1) is 30.2 Å². The lowest BCUT2D eigenvalue weighted by atomic mass is 9.98. The zero-order valence-corrected chi connectivity index (χ0v) is 16.0. The number of carboxylic acids is 1. The van der Waals surface area contributed by atoms with Gasteiger partial charge in [-0.05, 0) is 53.9 Å². The molecule has 0 saturated heterocycles. The summed E-state index contributed by atoms with van der Waals surface area (Å²) in [6, 6.07) is 10.1. The van der Waals surface area contributed by atoms with Crippen molar-refractivity contribution in [2.24, 2.45) is 0 Å². The topological polar surface area (TPSA) is 49.8 Å². The van der Waals surface area contributed by atoms with Crippen molar-refractivity contribution >= 4 is 17.3 Å². The molecule has 8 heteroatoms. The van der Waals surface area contributed by atoms with E-state index in [1.165, 1.54) is 31.3 Å². The largest absolute Gasteiger partial charge is 0.479 e. The summed E-state index contributed by atoms with van der Waals surface area (Å²) in [6.45, 7) is 0.726. The second-order valence-electron chi connectivity index (χ2n) is 6.53. The Bertz CT molecular complexity index is 1120. The number of carbonyl (C=O) groups is 1. The van der Waals surface area contributed by atoms with Crippen molar-refractivity contribution < 1.29 is 32.2 Å². The number of hydrogen-bond donors (Lipinski definition) is 1. The SMILES string of the molecule is Cc1c(-c2cccc(F)c2)ccc(F)c1N(C)c1c(F)ccc(OCC(=O)O)c1F. The number of benzene rings is 3. The van der Waals surface area contributed by atoms with Gasteiger partial charge in [-0.25, -0.2) is 22.4 Å². The molecule has 0 amide bonds. The molecule has 0 heterocycles. The molecule has 0 aliphatic heterocycles. The predicted octanol–water partition coefficient (Wildman–Crippen LogP) is 5.45. The molecule has 0 radical (unpaired) electrons. The van der Waals surface area contributed by atoms with Crippen LogP contribution in [0.4, 0.5) is 28.9 Å². The van der Waals surface area contributed by atoms with E-state index in [1.54, 1.807) is 13.0 Å². The highest BCUT2D eigenvalue weighted by molar-refractivity contribution is 5.78. The molecule has 3 aromatic rings. The fourth-order valence-electron chi connectivity index (χ4n) is 3.24. The second-order valence-corrected chi connectivity index (χ2v) is 6.53. The minimum atomic E-state index is -1.33. The third-order valence-electron chi connectivity index (χ3n) is 4.57. The molecule has 0 atom stereocenters. The highest BCUT2D eigenvalue weighted by Crippen LogP contribution is 2.39. The maximum atomic E-state index is 14.9. The van der Waals surface area contributed by atoms with Crippen molar-refractivity contribution in [2.45, 2.75) is 6.92 Å². The molecule has 4 nitrogen and oxygen atoms in total. The monoisotopic (exact) mass is 419 g/mol. The number of ether oxygens (including phenoxy) is 1. The quantitative estimate of drug-likeness (QED) is 0.540. The van der Waals surface area contributed by atoms with Crippen molar-refractivity contribution in [3.63, 3.8) is 0 Å². The Balaban J connectivity index is 2.11. The molecule has 0 fully saturated rings. The lowest BCUT2D eigenvalue weighted by Crippen LogP contribution is -2.18. The van der Waals surface area contributed by atoms with Crippen LogP contribution in [-0.2, 0) is 4.79 Å². The van der Waals surface area contributed by atoms with Crippen LogP contribution in [0.3, 0.4) is 0 Å². The Morgan fingerprint density at radius 2 is 1.67 bits per heavy atom. The molecular formula is C22H17F4NO3. The summed E-state index contributed by atoms with van der Waals surface area (Å²) in [5.74, 6) is -5.21. The van der Waals surface area contributed by atoms with Crippen LogP contribution in [0.1, 0.15) is 5.56 Å². The average molecular weight is 419 g/mol. The number of rotatable bonds is 6. The number of anilines is 2. The molecule has 0 spiro atoms. The highest BCUT2D eigenvalue weighted by Gasteiger charge is 2.24. The number of halogens is 4. The van der Waals surface area contributed by atoms with Crippen LogP contribution in [0.2, 0.25) is 0 Å². The third kappa shape index (κ3) is 4.07. The van der Waals surface area contributed by atoms with Crippen LogP contribution in [0.5, 0.6) is 5.75 Å². The highest BCUT2D eigenvalue weighted by atomic mass is 19.1. The zero-order chi connectivity index (χ0) is 22.0. The van der Waals surface area contributed by atoms with Crippen molar-refractivity contribution in [3.05, 3.63) is 77.4 Å². The minimum absolute atomic E-state index is 0.120. The average Bonchev–Trinajstić information content (AvgIpc) is 2.67. The Hall–Kier alpha value is -3.55. The number of nitrogens with zero attached hydrogens (tertiary/aromatic N) is 1. The Morgan fingerprint density at radius 1 is 1.00 bits per heavy atom. The van der Waals surface area contributed by atoms with Gasteiger partial charge in [0.1, 0.15) is 23.1 Å². The maximum absolute atomic E-state index is 14.9. The van der Waals surface area contributed by atoms with E-state index in [-0.39, 0.29) is 5.69 Å². The zero-order valence-electron chi connectivity index (χ0n) is 16.0. The predicted molar refractivity (Wildman–Crippen MR) is 104 cm³/mol. The van der Waals surface area contributed by atoms with Gasteiger partial charge in [-0.3, -0.25) is 0 Å². The van der Waals surface area contributed by atoms with Crippen LogP contribution >= 0.6 is 0 Å². The smallest absolute Gasteiger partial charge is 0.341 e. The van der Waals surface area contributed by atoms with Gasteiger partial charge >= 0.3 is 5.97 Å². The van der Waals surface area contributed by atoms with Crippen molar-refractivity contribution in [1.82, 2.24) is 0 Å². The van der Waals surface area contributed by atoms with Crippen LogP contribution in [0.15, 0.2) is 48.5 Å². The van der Waals surface area contributed by atoms with Gasteiger partial charge in [0.05, 0.1) is 5.69 Å². The van der Waals surface area contributed by atoms with Crippen molar-refractivity contribution in [3.8, 4) is 16.9 Å². The van der Waals surface area contributed by atoms with E-state index in [0.717, 1.165) is 23.1 Å². The van der Waals surface area contributed by atoms with Gasteiger partial charge in [0.2, 0.25) is 0 Å². The van der Waals surface area contributed by atoms with Crippen molar-refractivity contribution in [2.75, 3.05) is 18.6 Å². The van der Waals surface area contributed by atoms with Gasteiger partial charge in [-0.1, -0.05) is 18.2 Å². The Labute approximate surface area is 169 Å². The molecule has 156 valence electrons. The summed E-state index contributed by atoms with van der Waals surface area (Å²) in [7, 11) is 1.27. The molecule has 0 aliphatic rings. The van der Waals surface area contributed by atoms with E-state index < -0.39 is 47.3 Å². The molecule has 1 N–H and O–H groups in total. The van der Waals surface area contributed by atoms with E-state index in [0.29, 0.717) is 16.7 Å². The molecule has 0 aliphatic carbocycles.